The normalized spacial score (nSPS) is 23.9. The summed E-state index contributed by atoms with van der Waals surface area (Å²) < 4.78 is 28.6. The van der Waals surface area contributed by atoms with E-state index in [4.69, 9.17) is 4.74 Å². The van der Waals surface area contributed by atoms with Gasteiger partial charge in [0.05, 0.1) is 17.9 Å². The molecule has 20 heavy (non-hydrogen) atoms. The molecule has 0 aliphatic carbocycles. The third-order valence-electron chi connectivity index (χ3n) is 3.36. The van der Waals surface area contributed by atoms with E-state index in [9.17, 15) is 8.42 Å². The predicted octanol–water partition coefficient (Wildman–Crippen LogP) is 0.545. The minimum Gasteiger partial charge on any atom is -0.373 e. The minimum absolute atomic E-state index is 0.127. The fourth-order valence-corrected chi connectivity index (χ4v) is 2.72. The Morgan fingerprint density at radius 1 is 1.35 bits per heavy atom. The summed E-state index contributed by atoms with van der Waals surface area (Å²) in [6, 6.07) is 0. The molecule has 0 spiro atoms. The smallest absolute Gasteiger partial charge is 0.191 e. The number of hydrogen-bond acceptors (Lipinski definition) is 4. The summed E-state index contributed by atoms with van der Waals surface area (Å²) in [6.07, 6.45) is 2.09. The highest BCUT2D eigenvalue weighted by atomic mass is 32.2. The van der Waals surface area contributed by atoms with Crippen molar-refractivity contribution < 1.29 is 13.2 Å². The summed E-state index contributed by atoms with van der Waals surface area (Å²) in [6.45, 7) is 8.20. The standard InChI is InChI=1S/C13H27N3O3S/c1-4-14-12(15-8-10-20(17,18)5-2)16-11-13(3)7-6-9-19-13/h4-11H2,1-3H3,(H2,14,15,16). The van der Waals surface area contributed by atoms with Crippen LogP contribution in [0.15, 0.2) is 4.99 Å². The molecule has 1 unspecified atom stereocenters. The molecule has 0 aromatic carbocycles. The van der Waals surface area contributed by atoms with Gasteiger partial charge < -0.3 is 15.4 Å². The van der Waals surface area contributed by atoms with Crippen molar-refractivity contribution >= 4 is 15.8 Å². The van der Waals surface area contributed by atoms with Gasteiger partial charge in [0, 0.05) is 25.4 Å². The van der Waals surface area contributed by atoms with Crippen molar-refractivity contribution in [3.05, 3.63) is 0 Å². The molecule has 118 valence electrons. The third-order valence-corrected chi connectivity index (χ3v) is 5.07. The lowest BCUT2D eigenvalue weighted by Gasteiger charge is -2.21. The van der Waals surface area contributed by atoms with Crippen LogP contribution in [0.3, 0.4) is 0 Å². The van der Waals surface area contributed by atoms with Crippen LogP contribution in [0.2, 0.25) is 0 Å². The van der Waals surface area contributed by atoms with Gasteiger partial charge in [0.15, 0.2) is 15.8 Å². The molecular formula is C13H27N3O3S. The first-order valence-corrected chi connectivity index (χ1v) is 9.09. The molecule has 1 aliphatic rings. The van der Waals surface area contributed by atoms with Crippen LogP contribution < -0.4 is 10.6 Å². The Hall–Kier alpha value is -0.820. The van der Waals surface area contributed by atoms with Crippen LogP contribution >= 0.6 is 0 Å². The van der Waals surface area contributed by atoms with Crippen molar-refractivity contribution in [1.29, 1.82) is 0 Å². The molecule has 1 rings (SSSR count). The lowest BCUT2D eigenvalue weighted by molar-refractivity contribution is 0.0283. The van der Waals surface area contributed by atoms with Crippen LogP contribution in [-0.4, -0.2) is 57.7 Å². The second-order valence-electron chi connectivity index (χ2n) is 5.26. The maximum atomic E-state index is 11.4. The maximum absolute atomic E-state index is 11.4. The molecule has 0 bridgehead atoms. The topological polar surface area (TPSA) is 79.8 Å². The summed E-state index contributed by atoms with van der Waals surface area (Å²) in [5, 5.41) is 6.17. The zero-order chi connectivity index (χ0) is 15.1. The van der Waals surface area contributed by atoms with Gasteiger partial charge in [-0.3, -0.25) is 4.99 Å². The number of nitrogens with one attached hydrogen (secondary N) is 2. The Kier molecular flexibility index (Phi) is 6.75. The Morgan fingerprint density at radius 2 is 2.10 bits per heavy atom. The van der Waals surface area contributed by atoms with Crippen LogP contribution in [0, 0.1) is 0 Å². The van der Waals surface area contributed by atoms with Crippen molar-refractivity contribution in [2.45, 2.75) is 39.2 Å². The van der Waals surface area contributed by atoms with Crippen molar-refractivity contribution in [2.24, 2.45) is 4.99 Å². The first kappa shape index (κ1) is 17.2. The Labute approximate surface area is 122 Å². The lowest BCUT2D eigenvalue weighted by atomic mass is 10.0. The van der Waals surface area contributed by atoms with E-state index in [1.807, 2.05) is 6.92 Å². The molecule has 1 aliphatic heterocycles. The van der Waals surface area contributed by atoms with E-state index in [0.717, 1.165) is 26.0 Å². The highest BCUT2D eigenvalue weighted by Gasteiger charge is 2.29. The van der Waals surface area contributed by atoms with Crippen molar-refractivity contribution in [3.8, 4) is 0 Å². The Morgan fingerprint density at radius 3 is 2.65 bits per heavy atom. The number of ether oxygens (including phenoxy) is 1. The van der Waals surface area contributed by atoms with E-state index in [1.165, 1.54) is 0 Å². The first-order chi connectivity index (χ1) is 9.41. The van der Waals surface area contributed by atoms with Crippen molar-refractivity contribution in [1.82, 2.24) is 10.6 Å². The van der Waals surface area contributed by atoms with Crippen LogP contribution in [-0.2, 0) is 14.6 Å². The highest BCUT2D eigenvalue weighted by Crippen LogP contribution is 2.24. The molecule has 6 nitrogen and oxygen atoms in total. The lowest BCUT2D eigenvalue weighted by Crippen LogP contribution is -2.41. The molecular weight excluding hydrogens is 278 g/mol. The SMILES string of the molecule is CCNC(=NCC1(C)CCCO1)NCCS(=O)(=O)CC. The second kappa shape index (κ2) is 7.83. The fourth-order valence-electron chi connectivity index (χ4n) is 2.02. The van der Waals surface area contributed by atoms with Gasteiger partial charge in [-0.2, -0.15) is 0 Å². The zero-order valence-corrected chi connectivity index (χ0v) is 13.6. The number of guanidine groups is 1. The van der Waals surface area contributed by atoms with Crippen LogP contribution in [0.25, 0.3) is 0 Å². The summed E-state index contributed by atoms with van der Waals surface area (Å²) in [5.74, 6) is 0.950. The maximum Gasteiger partial charge on any atom is 0.191 e. The molecule has 0 saturated carbocycles. The summed E-state index contributed by atoms with van der Waals surface area (Å²) in [7, 11) is -2.94. The summed E-state index contributed by atoms with van der Waals surface area (Å²) in [4.78, 5) is 4.49. The number of rotatable bonds is 7. The van der Waals surface area contributed by atoms with Gasteiger partial charge in [0.1, 0.15) is 0 Å². The van der Waals surface area contributed by atoms with Gasteiger partial charge in [-0.05, 0) is 26.7 Å². The highest BCUT2D eigenvalue weighted by molar-refractivity contribution is 7.91. The summed E-state index contributed by atoms with van der Waals surface area (Å²) >= 11 is 0. The van der Waals surface area contributed by atoms with Gasteiger partial charge in [0.25, 0.3) is 0 Å². The second-order valence-corrected chi connectivity index (χ2v) is 7.73. The quantitative estimate of drug-likeness (QED) is 0.530. The molecule has 0 amide bonds. The van der Waals surface area contributed by atoms with Gasteiger partial charge in [0.2, 0.25) is 0 Å². The van der Waals surface area contributed by atoms with Crippen LogP contribution in [0.5, 0.6) is 0 Å². The Balaban J connectivity index is 2.46. The third kappa shape index (κ3) is 6.09. The average Bonchev–Trinajstić information content (AvgIpc) is 2.83. The Bertz CT molecular complexity index is 415. The molecule has 1 fully saturated rings. The van der Waals surface area contributed by atoms with Crippen molar-refractivity contribution in [3.63, 3.8) is 0 Å². The van der Waals surface area contributed by atoms with Gasteiger partial charge >= 0.3 is 0 Å². The fraction of sp³-hybridized carbons (Fsp3) is 0.923. The molecule has 1 saturated heterocycles. The van der Waals surface area contributed by atoms with Crippen LogP contribution in [0.4, 0.5) is 0 Å². The van der Waals surface area contributed by atoms with E-state index < -0.39 is 9.84 Å². The van der Waals surface area contributed by atoms with Gasteiger partial charge in [-0.1, -0.05) is 6.92 Å². The predicted molar refractivity (Wildman–Crippen MR) is 81.9 cm³/mol. The monoisotopic (exact) mass is 305 g/mol. The molecule has 0 aromatic heterocycles. The number of aliphatic imine (C=N–C) groups is 1. The van der Waals surface area contributed by atoms with E-state index in [1.54, 1.807) is 6.92 Å². The van der Waals surface area contributed by atoms with Crippen LogP contribution in [0.1, 0.15) is 33.6 Å². The zero-order valence-electron chi connectivity index (χ0n) is 12.7. The number of hydrogen-bond donors (Lipinski definition) is 2. The minimum atomic E-state index is -2.94. The molecule has 1 heterocycles. The first-order valence-electron chi connectivity index (χ1n) is 7.27. The van der Waals surface area contributed by atoms with E-state index in [0.29, 0.717) is 19.0 Å². The molecule has 2 N–H and O–H groups in total. The van der Waals surface area contributed by atoms with Crippen molar-refractivity contribution in [2.75, 3.05) is 37.7 Å². The number of sulfone groups is 1. The average molecular weight is 305 g/mol. The van der Waals surface area contributed by atoms with E-state index in [2.05, 4.69) is 22.5 Å². The molecule has 0 radical (unpaired) electrons. The van der Waals surface area contributed by atoms with E-state index >= 15 is 0 Å². The number of nitrogens with zero attached hydrogens (tertiary/aromatic N) is 1. The molecule has 1 atom stereocenters. The molecule has 0 aromatic rings. The van der Waals surface area contributed by atoms with E-state index in [-0.39, 0.29) is 17.1 Å². The molecule has 7 heteroatoms. The van der Waals surface area contributed by atoms with Gasteiger partial charge in [-0.15, -0.1) is 0 Å². The largest absolute Gasteiger partial charge is 0.373 e. The summed E-state index contributed by atoms with van der Waals surface area (Å²) in [5.41, 5.74) is -0.183. The van der Waals surface area contributed by atoms with Gasteiger partial charge in [-0.25, -0.2) is 8.42 Å².